The molecule has 1 aromatic rings. The fourth-order valence-electron chi connectivity index (χ4n) is 1.37. The fourth-order valence-corrected chi connectivity index (χ4v) is 1.37. The van der Waals surface area contributed by atoms with E-state index in [1.807, 2.05) is 0 Å². The predicted molar refractivity (Wildman–Crippen MR) is 64.1 cm³/mol. The summed E-state index contributed by atoms with van der Waals surface area (Å²) in [6.07, 6.45) is 0. The van der Waals surface area contributed by atoms with Gasteiger partial charge in [0.2, 0.25) is 11.7 Å². The number of carbonyl (C=O) groups is 2. The Labute approximate surface area is 108 Å². The van der Waals surface area contributed by atoms with Gasteiger partial charge in [0.05, 0.1) is 11.5 Å². The summed E-state index contributed by atoms with van der Waals surface area (Å²) in [5.41, 5.74) is -0.835. The van der Waals surface area contributed by atoms with Crippen molar-refractivity contribution in [1.29, 1.82) is 0 Å². The third kappa shape index (κ3) is 3.47. The molecular formula is C11H12FN3O4. The zero-order valence-electron chi connectivity index (χ0n) is 10.3. The van der Waals surface area contributed by atoms with E-state index >= 15 is 0 Å². The minimum atomic E-state index is -1.02. The van der Waals surface area contributed by atoms with Crippen LogP contribution >= 0.6 is 0 Å². The van der Waals surface area contributed by atoms with E-state index in [4.69, 9.17) is 0 Å². The van der Waals surface area contributed by atoms with Gasteiger partial charge in [-0.1, -0.05) is 0 Å². The highest BCUT2D eigenvalue weighted by atomic mass is 19.1. The molecule has 0 radical (unpaired) electrons. The minimum Gasteiger partial charge on any atom is -0.358 e. The first kappa shape index (κ1) is 14.6. The van der Waals surface area contributed by atoms with Gasteiger partial charge >= 0.3 is 5.69 Å². The van der Waals surface area contributed by atoms with Crippen LogP contribution in [0.15, 0.2) is 18.2 Å². The van der Waals surface area contributed by atoms with Gasteiger partial charge in [0, 0.05) is 25.7 Å². The molecule has 0 atom stereocenters. The zero-order chi connectivity index (χ0) is 14.6. The summed E-state index contributed by atoms with van der Waals surface area (Å²) in [6, 6.07) is 2.82. The summed E-state index contributed by atoms with van der Waals surface area (Å²) in [6.45, 7) is -0.194. The normalized spacial score (nSPS) is 9.84. The highest BCUT2D eigenvalue weighted by Gasteiger charge is 2.20. The van der Waals surface area contributed by atoms with Crippen molar-refractivity contribution in [3.05, 3.63) is 39.7 Å². The molecule has 0 fully saturated rings. The van der Waals surface area contributed by atoms with Crippen molar-refractivity contribution in [2.75, 3.05) is 20.6 Å². The van der Waals surface area contributed by atoms with Crippen LogP contribution in [0.5, 0.6) is 0 Å². The van der Waals surface area contributed by atoms with Crippen LogP contribution in [-0.2, 0) is 4.79 Å². The number of nitro groups is 1. The van der Waals surface area contributed by atoms with E-state index in [9.17, 15) is 24.1 Å². The molecule has 0 aromatic heterocycles. The second-order valence-electron chi connectivity index (χ2n) is 3.76. The topological polar surface area (TPSA) is 92.6 Å². The maximum atomic E-state index is 13.1. The SMILES string of the molecule is CNC(=O)CN(C)C(=O)c1ccc(F)c([N+](=O)[O-])c1. The molecule has 1 N–H and O–H groups in total. The fraction of sp³-hybridized carbons (Fsp3) is 0.273. The van der Waals surface area contributed by atoms with Crippen molar-refractivity contribution in [3.63, 3.8) is 0 Å². The van der Waals surface area contributed by atoms with E-state index in [1.165, 1.54) is 14.1 Å². The Morgan fingerprint density at radius 1 is 1.47 bits per heavy atom. The number of rotatable bonds is 4. The molecule has 0 aliphatic carbocycles. The third-order valence-corrected chi connectivity index (χ3v) is 2.40. The number of likely N-dealkylation sites (N-methyl/N-ethyl adjacent to an activating group) is 2. The Morgan fingerprint density at radius 3 is 2.63 bits per heavy atom. The number of halogens is 1. The lowest BCUT2D eigenvalue weighted by Crippen LogP contribution is -2.36. The number of nitrogens with one attached hydrogen (secondary N) is 1. The number of amides is 2. The van der Waals surface area contributed by atoms with E-state index in [0.717, 1.165) is 23.1 Å². The van der Waals surface area contributed by atoms with Crippen molar-refractivity contribution in [2.24, 2.45) is 0 Å². The number of nitrogens with zero attached hydrogens (tertiary/aromatic N) is 2. The van der Waals surface area contributed by atoms with Crippen LogP contribution in [-0.4, -0.2) is 42.3 Å². The summed E-state index contributed by atoms with van der Waals surface area (Å²) < 4.78 is 13.1. The van der Waals surface area contributed by atoms with Gasteiger partial charge < -0.3 is 10.2 Å². The lowest BCUT2D eigenvalue weighted by Gasteiger charge is -2.15. The lowest BCUT2D eigenvalue weighted by atomic mass is 10.1. The molecule has 102 valence electrons. The second kappa shape index (κ2) is 5.89. The number of hydrogen-bond acceptors (Lipinski definition) is 4. The highest BCUT2D eigenvalue weighted by Crippen LogP contribution is 2.19. The van der Waals surface area contributed by atoms with Crippen molar-refractivity contribution >= 4 is 17.5 Å². The average molecular weight is 269 g/mol. The molecule has 0 aliphatic rings. The van der Waals surface area contributed by atoms with E-state index < -0.39 is 22.3 Å². The molecular weight excluding hydrogens is 257 g/mol. The van der Waals surface area contributed by atoms with E-state index in [1.54, 1.807) is 0 Å². The van der Waals surface area contributed by atoms with Crippen LogP contribution in [0.25, 0.3) is 0 Å². The molecule has 0 aliphatic heterocycles. The summed E-state index contributed by atoms with van der Waals surface area (Å²) in [4.78, 5) is 33.7. The zero-order valence-corrected chi connectivity index (χ0v) is 10.3. The average Bonchev–Trinajstić information content (AvgIpc) is 2.37. The van der Waals surface area contributed by atoms with Gasteiger partial charge in [0.15, 0.2) is 0 Å². The first-order chi connectivity index (χ1) is 8.86. The number of carbonyl (C=O) groups excluding carboxylic acids is 2. The van der Waals surface area contributed by atoms with Crippen LogP contribution in [0.2, 0.25) is 0 Å². The van der Waals surface area contributed by atoms with Crippen molar-refractivity contribution in [3.8, 4) is 0 Å². The monoisotopic (exact) mass is 269 g/mol. The van der Waals surface area contributed by atoms with E-state index in [-0.39, 0.29) is 18.0 Å². The van der Waals surface area contributed by atoms with Gasteiger partial charge in [-0.05, 0) is 12.1 Å². The Hall–Kier alpha value is -2.51. The van der Waals surface area contributed by atoms with Crippen LogP contribution in [0.4, 0.5) is 10.1 Å². The molecule has 2 amide bonds. The minimum absolute atomic E-state index is 0.0560. The van der Waals surface area contributed by atoms with Gasteiger partial charge in [0.25, 0.3) is 5.91 Å². The quantitative estimate of drug-likeness (QED) is 0.638. The second-order valence-corrected chi connectivity index (χ2v) is 3.76. The van der Waals surface area contributed by atoms with E-state index in [2.05, 4.69) is 5.32 Å². The maximum absolute atomic E-state index is 13.1. The molecule has 7 nitrogen and oxygen atoms in total. The van der Waals surface area contributed by atoms with Gasteiger partial charge in [-0.15, -0.1) is 0 Å². The predicted octanol–water partition coefficient (Wildman–Crippen LogP) is 0.552. The molecule has 0 bridgehead atoms. The molecule has 1 rings (SSSR count). The Morgan fingerprint density at radius 2 is 2.11 bits per heavy atom. The molecule has 0 unspecified atom stereocenters. The van der Waals surface area contributed by atoms with Crippen molar-refractivity contribution < 1.29 is 18.9 Å². The number of benzene rings is 1. The van der Waals surface area contributed by atoms with E-state index in [0.29, 0.717) is 0 Å². The molecule has 1 aromatic carbocycles. The lowest BCUT2D eigenvalue weighted by molar-refractivity contribution is -0.387. The van der Waals surface area contributed by atoms with Crippen LogP contribution < -0.4 is 5.32 Å². The van der Waals surface area contributed by atoms with Crippen LogP contribution in [0.3, 0.4) is 0 Å². The van der Waals surface area contributed by atoms with Gasteiger partial charge in [0.1, 0.15) is 0 Å². The smallest absolute Gasteiger partial charge is 0.305 e. The summed E-state index contributed by atoms with van der Waals surface area (Å²) in [7, 11) is 2.79. The Kier molecular flexibility index (Phi) is 4.51. The van der Waals surface area contributed by atoms with Gasteiger partial charge in [-0.2, -0.15) is 4.39 Å². The first-order valence-corrected chi connectivity index (χ1v) is 5.26. The summed E-state index contributed by atoms with van der Waals surface area (Å²) in [5, 5.41) is 12.9. The number of hydrogen-bond donors (Lipinski definition) is 1. The Balaban J connectivity index is 2.97. The van der Waals surface area contributed by atoms with Crippen molar-refractivity contribution in [2.45, 2.75) is 0 Å². The Bertz CT molecular complexity index is 533. The standard InChI is InChI=1S/C11H12FN3O4/c1-13-10(16)6-14(2)11(17)7-3-4-8(12)9(5-7)15(18)19/h3-5H,6H2,1-2H3,(H,13,16). The molecule has 0 heterocycles. The van der Waals surface area contributed by atoms with Gasteiger partial charge in [-0.3, -0.25) is 19.7 Å². The molecule has 0 saturated carbocycles. The summed E-state index contributed by atoms with van der Waals surface area (Å²) >= 11 is 0. The van der Waals surface area contributed by atoms with Crippen LogP contribution in [0, 0.1) is 15.9 Å². The van der Waals surface area contributed by atoms with Crippen LogP contribution in [0.1, 0.15) is 10.4 Å². The van der Waals surface area contributed by atoms with Gasteiger partial charge in [-0.25, -0.2) is 0 Å². The first-order valence-electron chi connectivity index (χ1n) is 5.26. The number of nitro benzene ring substituents is 1. The van der Waals surface area contributed by atoms with Crippen molar-refractivity contribution in [1.82, 2.24) is 10.2 Å². The highest BCUT2D eigenvalue weighted by molar-refractivity contribution is 5.96. The largest absolute Gasteiger partial charge is 0.358 e. The molecule has 8 heteroatoms. The summed E-state index contributed by atoms with van der Waals surface area (Å²) in [5.74, 6) is -2.00. The third-order valence-electron chi connectivity index (χ3n) is 2.40. The molecule has 19 heavy (non-hydrogen) atoms. The molecule has 0 spiro atoms. The maximum Gasteiger partial charge on any atom is 0.305 e. The molecule has 0 saturated heterocycles.